The number of hydrogen-bond donors (Lipinski definition) is 1. The Hall–Kier alpha value is -1.45. The molecule has 2 aromatic rings. The highest BCUT2D eigenvalue weighted by Gasteiger charge is 1.99. The van der Waals surface area contributed by atoms with Crippen LogP contribution in [0.3, 0.4) is 0 Å². The van der Waals surface area contributed by atoms with Crippen molar-refractivity contribution in [2.75, 3.05) is 0 Å². The summed E-state index contributed by atoms with van der Waals surface area (Å²) in [5, 5.41) is 4.08. The third-order valence-electron chi connectivity index (χ3n) is 2.41. The van der Waals surface area contributed by atoms with Crippen molar-refractivity contribution in [2.45, 2.75) is 20.0 Å². The molecule has 1 aromatic heterocycles. The van der Waals surface area contributed by atoms with E-state index in [0.717, 1.165) is 28.5 Å². The summed E-state index contributed by atoms with van der Waals surface area (Å²) in [6, 6.07) is 7.81. The second-order valence-corrected chi connectivity index (χ2v) is 4.25. The number of halogens is 1. The van der Waals surface area contributed by atoms with E-state index in [2.05, 4.69) is 15.3 Å². The molecule has 0 unspecified atom stereocenters. The molecule has 1 heterocycles. The molecule has 0 aliphatic carbocycles. The largest absolute Gasteiger partial charge is 0.307 e. The molecule has 0 spiro atoms. The first-order chi connectivity index (χ1) is 8.25. The maximum Gasteiger partial charge on any atom is 0.0724 e. The highest BCUT2D eigenvalue weighted by molar-refractivity contribution is 6.31. The van der Waals surface area contributed by atoms with Crippen LogP contribution in [0.25, 0.3) is 0 Å². The Morgan fingerprint density at radius 2 is 1.94 bits per heavy atom. The first-order valence-electron chi connectivity index (χ1n) is 5.47. The molecule has 0 aliphatic heterocycles. The van der Waals surface area contributed by atoms with Crippen LogP contribution in [0, 0.1) is 6.92 Å². The van der Waals surface area contributed by atoms with Gasteiger partial charge in [-0.05, 0) is 18.6 Å². The number of rotatable bonds is 4. The predicted molar refractivity (Wildman–Crippen MR) is 68.8 cm³/mol. The number of aromatic nitrogens is 2. The Bertz CT molecular complexity index is 482. The van der Waals surface area contributed by atoms with Crippen LogP contribution < -0.4 is 5.32 Å². The van der Waals surface area contributed by atoms with Gasteiger partial charge < -0.3 is 5.32 Å². The molecule has 17 heavy (non-hydrogen) atoms. The topological polar surface area (TPSA) is 37.8 Å². The summed E-state index contributed by atoms with van der Waals surface area (Å²) in [5.41, 5.74) is 2.96. The van der Waals surface area contributed by atoms with Gasteiger partial charge in [0.25, 0.3) is 0 Å². The van der Waals surface area contributed by atoms with Gasteiger partial charge in [-0.2, -0.15) is 0 Å². The van der Waals surface area contributed by atoms with Gasteiger partial charge in [0.15, 0.2) is 0 Å². The fraction of sp³-hybridized carbons (Fsp3) is 0.231. The molecule has 0 radical (unpaired) electrons. The fourth-order valence-electron chi connectivity index (χ4n) is 1.48. The molecular formula is C13H14ClN3. The minimum atomic E-state index is 0.693. The lowest BCUT2D eigenvalue weighted by Gasteiger charge is -2.06. The highest BCUT2D eigenvalue weighted by Crippen LogP contribution is 2.14. The molecule has 1 aromatic carbocycles. The van der Waals surface area contributed by atoms with Gasteiger partial charge in [-0.3, -0.25) is 9.97 Å². The van der Waals surface area contributed by atoms with E-state index >= 15 is 0 Å². The lowest BCUT2D eigenvalue weighted by Crippen LogP contribution is -2.14. The lowest BCUT2D eigenvalue weighted by molar-refractivity contribution is 0.676. The summed E-state index contributed by atoms with van der Waals surface area (Å²) in [6.45, 7) is 3.35. The van der Waals surface area contributed by atoms with Crippen molar-refractivity contribution < 1.29 is 0 Å². The van der Waals surface area contributed by atoms with E-state index in [1.54, 1.807) is 12.4 Å². The minimum Gasteiger partial charge on any atom is -0.307 e. The van der Waals surface area contributed by atoms with Crippen molar-refractivity contribution in [2.24, 2.45) is 0 Å². The molecule has 3 nitrogen and oxygen atoms in total. The molecule has 0 atom stereocenters. The van der Waals surface area contributed by atoms with E-state index < -0.39 is 0 Å². The molecule has 0 fully saturated rings. The van der Waals surface area contributed by atoms with E-state index in [0.29, 0.717) is 6.54 Å². The van der Waals surface area contributed by atoms with Crippen molar-refractivity contribution in [3.05, 3.63) is 58.6 Å². The summed E-state index contributed by atoms with van der Waals surface area (Å²) in [4.78, 5) is 8.47. The van der Waals surface area contributed by atoms with Crippen LogP contribution in [0.2, 0.25) is 5.02 Å². The number of nitrogens with one attached hydrogen (secondary N) is 1. The zero-order chi connectivity index (χ0) is 12.1. The molecule has 0 saturated carbocycles. The van der Waals surface area contributed by atoms with Gasteiger partial charge in [-0.15, -0.1) is 0 Å². The summed E-state index contributed by atoms with van der Waals surface area (Å²) in [5.74, 6) is 0. The average Bonchev–Trinajstić information content (AvgIpc) is 2.34. The summed E-state index contributed by atoms with van der Waals surface area (Å²) in [6.07, 6.45) is 3.56. The average molecular weight is 248 g/mol. The minimum absolute atomic E-state index is 0.693. The van der Waals surface area contributed by atoms with Crippen LogP contribution in [0.15, 0.2) is 36.7 Å². The molecule has 1 N–H and O–H groups in total. The standard InChI is InChI=1S/C13H14ClN3/c1-10-6-17-12(9-16-10)8-15-7-11-4-2-3-5-13(11)14/h2-6,9,15H,7-8H2,1H3. The monoisotopic (exact) mass is 247 g/mol. The van der Waals surface area contributed by atoms with Gasteiger partial charge in [-0.1, -0.05) is 29.8 Å². The molecule has 0 saturated heterocycles. The molecule has 0 bridgehead atoms. The molecular weight excluding hydrogens is 234 g/mol. The molecule has 0 aliphatic rings. The Morgan fingerprint density at radius 1 is 1.12 bits per heavy atom. The molecule has 88 valence electrons. The van der Waals surface area contributed by atoms with E-state index in [1.165, 1.54) is 0 Å². The maximum absolute atomic E-state index is 6.06. The molecule has 4 heteroatoms. The smallest absolute Gasteiger partial charge is 0.0724 e. The van der Waals surface area contributed by atoms with Crippen molar-refractivity contribution in [1.29, 1.82) is 0 Å². The summed E-state index contributed by atoms with van der Waals surface area (Å²) in [7, 11) is 0. The predicted octanol–water partition coefficient (Wildman–Crippen LogP) is 2.73. The zero-order valence-corrected chi connectivity index (χ0v) is 10.4. The van der Waals surface area contributed by atoms with Gasteiger partial charge in [0.1, 0.15) is 0 Å². The van der Waals surface area contributed by atoms with Crippen LogP contribution in [-0.2, 0) is 13.1 Å². The van der Waals surface area contributed by atoms with Crippen molar-refractivity contribution in [3.8, 4) is 0 Å². The molecule has 2 rings (SSSR count). The Morgan fingerprint density at radius 3 is 2.65 bits per heavy atom. The Balaban J connectivity index is 1.88. The van der Waals surface area contributed by atoms with Crippen LogP contribution in [0.1, 0.15) is 17.0 Å². The maximum atomic E-state index is 6.06. The number of nitrogens with zero attached hydrogens (tertiary/aromatic N) is 2. The van der Waals surface area contributed by atoms with E-state index in [1.807, 2.05) is 31.2 Å². The van der Waals surface area contributed by atoms with Gasteiger partial charge in [0.05, 0.1) is 11.4 Å². The Labute approximate surface area is 106 Å². The van der Waals surface area contributed by atoms with Crippen LogP contribution >= 0.6 is 11.6 Å². The third-order valence-corrected chi connectivity index (χ3v) is 2.78. The molecule has 0 amide bonds. The van der Waals surface area contributed by atoms with Crippen molar-refractivity contribution in [3.63, 3.8) is 0 Å². The second-order valence-electron chi connectivity index (χ2n) is 3.84. The van der Waals surface area contributed by atoms with Gasteiger partial charge >= 0.3 is 0 Å². The number of benzene rings is 1. The van der Waals surface area contributed by atoms with E-state index in [9.17, 15) is 0 Å². The highest BCUT2D eigenvalue weighted by atomic mass is 35.5. The third kappa shape index (κ3) is 3.51. The van der Waals surface area contributed by atoms with Crippen molar-refractivity contribution in [1.82, 2.24) is 15.3 Å². The lowest BCUT2D eigenvalue weighted by atomic mass is 10.2. The first kappa shape index (κ1) is 12.0. The normalized spacial score (nSPS) is 10.5. The van der Waals surface area contributed by atoms with Gasteiger partial charge in [0, 0.05) is 30.5 Å². The van der Waals surface area contributed by atoms with Crippen LogP contribution in [0.4, 0.5) is 0 Å². The SMILES string of the molecule is Cc1cnc(CNCc2ccccc2Cl)cn1. The number of hydrogen-bond acceptors (Lipinski definition) is 3. The zero-order valence-electron chi connectivity index (χ0n) is 9.65. The first-order valence-corrected chi connectivity index (χ1v) is 5.85. The fourth-order valence-corrected chi connectivity index (χ4v) is 1.68. The Kier molecular flexibility index (Phi) is 4.07. The second kappa shape index (κ2) is 5.75. The van der Waals surface area contributed by atoms with Gasteiger partial charge in [0.2, 0.25) is 0 Å². The van der Waals surface area contributed by atoms with Gasteiger partial charge in [-0.25, -0.2) is 0 Å². The summed E-state index contributed by atoms with van der Waals surface area (Å²) < 4.78 is 0. The van der Waals surface area contributed by atoms with E-state index in [-0.39, 0.29) is 0 Å². The van der Waals surface area contributed by atoms with E-state index in [4.69, 9.17) is 11.6 Å². The van der Waals surface area contributed by atoms with Crippen LogP contribution in [-0.4, -0.2) is 9.97 Å². The quantitative estimate of drug-likeness (QED) is 0.903. The number of aryl methyl sites for hydroxylation is 1. The van der Waals surface area contributed by atoms with Crippen LogP contribution in [0.5, 0.6) is 0 Å². The summed E-state index contributed by atoms with van der Waals surface area (Å²) >= 11 is 6.06. The van der Waals surface area contributed by atoms with Crippen molar-refractivity contribution >= 4 is 11.6 Å².